The van der Waals surface area contributed by atoms with Crippen LogP contribution < -0.4 is 5.32 Å². The first-order chi connectivity index (χ1) is 9.56. The Morgan fingerprint density at radius 2 is 2.20 bits per heavy atom. The molecule has 1 heterocycles. The van der Waals surface area contributed by atoms with Gasteiger partial charge in [-0.1, -0.05) is 12.1 Å². The highest BCUT2D eigenvalue weighted by atomic mass is 19.1. The third kappa shape index (κ3) is 3.54. The van der Waals surface area contributed by atoms with E-state index in [9.17, 15) is 9.18 Å². The van der Waals surface area contributed by atoms with Gasteiger partial charge in [-0.15, -0.1) is 0 Å². The molecule has 0 spiro atoms. The third-order valence-electron chi connectivity index (χ3n) is 2.89. The maximum Gasteiger partial charge on any atom is 0.339 e. The molecular weight excluding hydrogens is 259 g/mol. The summed E-state index contributed by atoms with van der Waals surface area (Å²) in [6.45, 7) is 2.32. The molecule has 0 saturated heterocycles. The van der Waals surface area contributed by atoms with Crippen molar-refractivity contribution in [3.8, 4) is 0 Å². The third-order valence-corrected chi connectivity index (χ3v) is 2.89. The number of rotatable bonds is 5. The van der Waals surface area contributed by atoms with E-state index in [4.69, 9.17) is 5.11 Å². The molecule has 0 atom stereocenters. The van der Waals surface area contributed by atoms with Gasteiger partial charge in [-0.25, -0.2) is 9.18 Å². The monoisotopic (exact) mass is 274 g/mol. The van der Waals surface area contributed by atoms with E-state index in [1.54, 1.807) is 19.1 Å². The van der Waals surface area contributed by atoms with Crippen molar-refractivity contribution >= 4 is 11.7 Å². The number of carboxylic acids is 1. The van der Waals surface area contributed by atoms with E-state index in [-0.39, 0.29) is 11.4 Å². The summed E-state index contributed by atoms with van der Waals surface area (Å²) in [5.41, 5.74) is 2.26. The average molecular weight is 274 g/mol. The molecule has 4 nitrogen and oxygen atoms in total. The van der Waals surface area contributed by atoms with Crippen LogP contribution in [0, 0.1) is 12.7 Å². The van der Waals surface area contributed by atoms with Gasteiger partial charge in [0.2, 0.25) is 0 Å². The maximum atomic E-state index is 13.0. The van der Waals surface area contributed by atoms with Crippen LogP contribution in [0.5, 0.6) is 0 Å². The molecule has 0 aliphatic heterocycles. The van der Waals surface area contributed by atoms with E-state index in [0.717, 1.165) is 11.3 Å². The molecule has 0 fully saturated rings. The lowest BCUT2D eigenvalue weighted by Gasteiger charge is -2.10. The second kappa shape index (κ2) is 6.14. The minimum atomic E-state index is -1.02. The highest BCUT2D eigenvalue weighted by Crippen LogP contribution is 2.16. The summed E-state index contributed by atoms with van der Waals surface area (Å²) in [7, 11) is 0. The van der Waals surface area contributed by atoms with Crippen LogP contribution in [-0.2, 0) is 6.42 Å². The Kier molecular flexibility index (Phi) is 4.30. The molecule has 1 aromatic heterocycles. The number of nitrogens with zero attached hydrogens (tertiary/aromatic N) is 1. The zero-order valence-corrected chi connectivity index (χ0v) is 11.1. The summed E-state index contributed by atoms with van der Waals surface area (Å²) in [5.74, 6) is -1.29. The molecule has 0 aliphatic rings. The Bertz CT molecular complexity index is 629. The Morgan fingerprint density at radius 1 is 1.40 bits per heavy atom. The Balaban J connectivity index is 2.04. The van der Waals surface area contributed by atoms with Crippen molar-refractivity contribution in [1.29, 1.82) is 0 Å². The number of nitrogens with one attached hydrogen (secondary N) is 1. The standard InChI is InChI=1S/C15H15FN2O2/c1-10-7-14(13(9-18-10)15(19)20)17-6-5-11-3-2-4-12(16)8-11/h2-4,7-9H,5-6H2,1H3,(H,17,18)(H,19,20). The number of aromatic carboxylic acids is 1. The van der Waals surface area contributed by atoms with Gasteiger partial charge in [0.15, 0.2) is 0 Å². The number of pyridine rings is 1. The molecular formula is C15H15FN2O2. The summed E-state index contributed by atoms with van der Waals surface area (Å²) < 4.78 is 13.0. The van der Waals surface area contributed by atoms with Crippen LogP contribution in [0.3, 0.4) is 0 Å². The van der Waals surface area contributed by atoms with Crippen molar-refractivity contribution in [2.45, 2.75) is 13.3 Å². The molecule has 20 heavy (non-hydrogen) atoms. The van der Waals surface area contributed by atoms with E-state index >= 15 is 0 Å². The highest BCUT2D eigenvalue weighted by Gasteiger charge is 2.10. The molecule has 0 radical (unpaired) electrons. The summed E-state index contributed by atoms with van der Waals surface area (Å²) in [6, 6.07) is 8.04. The van der Waals surface area contributed by atoms with Gasteiger partial charge in [-0.2, -0.15) is 0 Å². The number of hydrogen-bond acceptors (Lipinski definition) is 3. The molecule has 1 aromatic carbocycles. The predicted molar refractivity (Wildman–Crippen MR) is 74.5 cm³/mol. The van der Waals surface area contributed by atoms with E-state index < -0.39 is 5.97 Å². The van der Waals surface area contributed by atoms with Gasteiger partial charge >= 0.3 is 5.97 Å². The van der Waals surface area contributed by atoms with Crippen molar-refractivity contribution < 1.29 is 14.3 Å². The van der Waals surface area contributed by atoms with Crippen molar-refractivity contribution in [2.24, 2.45) is 0 Å². The zero-order valence-electron chi connectivity index (χ0n) is 11.1. The first-order valence-corrected chi connectivity index (χ1v) is 6.24. The molecule has 0 saturated carbocycles. The maximum absolute atomic E-state index is 13.0. The fourth-order valence-corrected chi connectivity index (χ4v) is 1.91. The molecule has 0 bridgehead atoms. The fourth-order valence-electron chi connectivity index (χ4n) is 1.91. The van der Waals surface area contributed by atoms with Crippen molar-refractivity contribution in [1.82, 2.24) is 4.98 Å². The molecule has 0 amide bonds. The van der Waals surface area contributed by atoms with Gasteiger partial charge in [0.25, 0.3) is 0 Å². The van der Waals surface area contributed by atoms with Gasteiger partial charge in [0.05, 0.1) is 5.69 Å². The number of anilines is 1. The minimum Gasteiger partial charge on any atom is -0.478 e. The predicted octanol–water partition coefficient (Wildman–Crippen LogP) is 2.88. The first-order valence-electron chi connectivity index (χ1n) is 6.24. The largest absolute Gasteiger partial charge is 0.478 e. The summed E-state index contributed by atoms with van der Waals surface area (Å²) >= 11 is 0. The van der Waals surface area contributed by atoms with Crippen LogP contribution in [0.25, 0.3) is 0 Å². The topological polar surface area (TPSA) is 62.2 Å². The molecule has 2 N–H and O–H groups in total. The Morgan fingerprint density at radius 3 is 2.90 bits per heavy atom. The van der Waals surface area contributed by atoms with Crippen molar-refractivity contribution in [2.75, 3.05) is 11.9 Å². The molecule has 0 aliphatic carbocycles. The molecule has 2 aromatic rings. The number of carboxylic acid groups (broad SMARTS) is 1. The number of hydrogen-bond donors (Lipinski definition) is 2. The number of aromatic nitrogens is 1. The lowest BCUT2D eigenvalue weighted by Crippen LogP contribution is -2.10. The highest BCUT2D eigenvalue weighted by molar-refractivity contribution is 5.93. The van der Waals surface area contributed by atoms with Crippen LogP contribution in [0.2, 0.25) is 0 Å². The van der Waals surface area contributed by atoms with Crippen LogP contribution >= 0.6 is 0 Å². The molecule has 104 valence electrons. The van der Waals surface area contributed by atoms with E-state index in [1.165, 1.54) is 18.3 Å². The summed E-state index contributed by atoms with van der Waals surface area (Å²) in [4.78, 5) is 15.0. The second-order valence-electron chi connectivity index (χ2n) is 4.48. The number of carbonyl (C=O) groups is 1. The Labute approximate surface area is 116 Å². The van der Waals surface area contributed by atoms with Crippen LogP contribution in [-0.4, -0.2) is 22.6 Å². The number of benzene rings is 1. The first kappa shape index (κ1) is 14.0. The average Bonchev–Trinajstić information content (AvgIpc) is 2.38. The van der Waals surface area contributed by atoms with Crippen LogP contribution in [0.4, 0.5) is 10.1 Å². The smallest absolute Gasteiger partial charge is 0.339 e. The van der Waals surface area contributed by atoms with E-state index in [2.05, 4.69) is 10.3 Å². The zero-order chi connectivity index (χ0) is 14.5. The normalized spacial score (nSPS) is 10.3. The van der Waals surface area contributed by atoms with Crippen molar-refractivity contribution in [3.63, 3.8) is 0 Å². The number of aryl methyl sites for hydroxylation is 1. The lowest BCUT2D eigenvalue weighted by molar-refractivity contribution is 0.0697. The molecule has 2 rings (SSSR count). The fraction of sp³-hybridized carbons (Fsp3) is 0.200. The van der Waals surface area contributed by atoms with Crippen LogP contribution in [0.1, 0.15) is 21.6 Å². The van der Waals surface area contributed by atoms with Crippen LogP contribution in [0.15, 0.2) is 36.5 Å². The quantitative estimate of drug-likeness (QED) is 0.880. The van der Waals surface area contributed by atoms with Gasteiger partial charge in [-0.05, 0) is 37.1 Å². The Hall–Kier alpha value is -2.43. The van der Waals surface area contributed by atoms with E-state index in [1.807, 2.05) is 6.07 Å². The van der Waals surface area contributed by atoms with Gasteiger partial charge in [-0.3, -0.25) is 4.98 Å². The van der Waals surface area contributed by atoms with Gasteiger partial charge in [0.1, 0.15) is 11.4 Å². The number of halogens is 1. The van der Waals surface area contributed by atoms with Crippen molar-refractivity contribution in [3.05, 3.63) is 59.2 Å². The SMILES string of the molecule is Cc1cc(NCCc2cccc(F)c2)c(C(=O)O)cn1. The minimum absolute atomic E-state index is 0.134. The molecule has 5 heteroatoms. The van der Waals surface area contributed by atoms with Gasteiger partial charge < -0.3 is 10.4 Å². The molecule has 0 unspecified atom stereocenters. The summed E-state index contributed by atoms with van der Waals surface area (Å²) in [6.07, 6.45) is 1.94. The summed E-state index contributed by atoms with van der Waals surface area (Å²) in [5, 5.41) is 12.1. The van der Waals surface area contributed by atoms with Gasteiger partial charge in [0, 0.05) is 18.4 Å². The second-order valence-corrected chi connectivity index (χ2v) is 4.48. The van der Waals surface area contributed by atoms with E-state index in [0.29, 0.717) is 18.7 Å². The lowest BCUT2D eigenvalue weighted by atomic mass is 10.1.